The second kappa shape index (κ2) is 8.62. The molecule has 0 bridgehead atoms. The summed E-state index contributed by atoms with van der Waals surface area (Å²) < 4.78 is 0. The maximum atomic E-state index is 13.0. The number of carbonyl (C=O) groups excluding carboxylic acids is 3. The molecule has 2 fully saturated rings. The Morgan fingerprint density at radius 2 is 1.82 bits per heavy atom. The molecule has 3 aliphatic heterocycles. The Morgan fingerprint density at radius 3 is 2.53 bits per heavy atom. The molecule has 2 unspecified atom stereocenters. The van der Waals surface area contributed by atoms with E-state index in [4.69, 9.17) is 4.98 Å². The lowest BCUT2D eigenvalue weighted by Crippen LogP contribution is -2.52. The van der Waals surface area contributed by atoms with Crippen LogP contribution in [-0.2, 0) is 22.7 Å². The van der Waals surface area contributed by atoms with Crippen LogP contribution in [0.15, 0.2) is 36.4 Å². The third-order valence-corrected chi connectivity index (χ3v) is 7.59. The average Bonchev–Trinajstić information content (AvgIpc) is 3.10. The number of rotatable bonds is 4. The highest BCUT2D eigenvalue weighted by atomic mass is 16.2. The van der Waals surface area contributed by atoms with Crippen molar-refractivity contribution in [1.82, 2.24) is 20.1 Å². The van der Waals surface area contributed by atoms with Gasteiger partial charge in [0.05, 0.1) is 17.8 Å². The van der Waals surface area contributed by atoms with Crippen LogP contribution in [0.5, 0.6) is 0 Å². The van der Waals surface area contributed by atoms with Crippen LogP contribution < -0.4 is 5.32 Å². The third kappa shape index (κ3) is 4.25. The van der Waals surface area contributed by atoms with E-state index < -0.39 is 6.04 Å². The average molecular weight is 461 g/mol. The number of likely N-dealkylation sites (tertiary alicyclic amines) is 1. The van der Waals surface area contributed by atoms with E-state index in [2.05, 4.69) is 55.3 Å². The smallest absolute Gasteiger partial charge is 0.256 e. The Bertz CT molecular complexity index is 1140. The molecule has 178 valence electrons. The molecule has 3 aliphatic rings. The summed E-state index contributed by atoms with van der Waals surface area (Å²) in [4.78, 5) is 45.8. The minimum Gasteiger partial charge on any atom is -0.321 e. The van der Waals surface area contributed by atoms with Gasteiger partial charge in [-0.15, -0.1) is 0 Å². The maximum Gasteiger partial charge on any atom is 0.256 e. The number of pyridine rings is 1. The normalized spacial score (nSPS) is 24.8. The van der Waals surface area contributed by atoms with Gasteiger partial charge in [-0.1, -0.05) is 43.7 Å². The lowest BCUT2D eigenvalue weighted by atomic mass is 9.72. The van der Waals surface area contributed by atoms with Crippen LogP contribution in [0.2, 0.25) is 0 Å². The second-order valence-corrected chi connectivity index (χ2v) is 10.7. The molecule has 0 saturated carbocycles. The van der Waals surface area contributed by atoms with Gasteiger partial charge in [-0.2, -0.15) is 0 Å². The summed E-state index contributed by atoms with van der Waals surface area (Å²) >= 11 is 0. The Morgan fingerprint density at radius 1 is 1.06 bits per heavy atom. The number of aromatic nitrogens is 1. The van der Waals surface area contributed by atoms with E-state index in [9.17, 15) is 14.4 Å². The van der Waals surface area contributed by atoms with Crippen molar-refractivity contribution in [3.05, 3.63) is 64.5 Å². The van der Waals surface area contributed by atoms with Crippen molar-refractivity contribution in [2.24, 2.45) is 5.41 Å². The summed E-state index contributed by atoms with van der Waals surface area (Å²) in [7, 11) is 0. The topological polar surface area (TPSA) is 82.6 Å². The SMILES string of the molecule is Cc1ccc(CN2CCC(c3ccc4c(n3)CN(C3CCC(=O)NC3=O)C4=O)C(C)(C)C2)cc1. The predicted molar refractivity (Wildman–Crippen MR) is 128 cm³/mol. The molecule has 1 aromatic carbocycles. The molecule has 0 spiro atoms. The van der Waals surface area contributed by atoms with E-state index in [0.717, 1.165) is 37.4 Å². The van der Waals surface area contributed by atoms with Gasteiger partial charge in [0.1, 0.15) is 6.04 Å². The van der Waals surface area contributed by atoms with Crippen LogP contribution in [-0.4, -0.2) is 51.6 Å². The molecule has 2 atom stereocenters. The van der Waals surface area contributed by atoms with Gasteiger partial charge < -0.3 is 4.90 Å². The number of piperidine rings is 2. The molecule has 0 aliphatic carbocycles. The summed E-state index contributed by atoms with van der Waals surface area (Å²) in [5.41, 5.74) is 4.99. The number of carbonyl (C=O) groups is 3. The quantitative estimate of drug-likeness (QED) is 0.709. The van der Waals surface area contributed by atoms with Crippen molar-refractivity contribution in [3.8, 4) is 0 Å². The highest BCUT2D eigenvalue weighted by Crippen LogP contribution is 2.42. The highest BCUT2D eigenvalue weighted by Gasteiger charge is 2.41. The molecule has 34 heavy (non-hydrogen) atoms. The first kappa shape index (κ1) is 22.7. The molecular weight excluding hydrogens is 428 g/mol. The lowest BCUT2D eigenvalue weighted by molar-refractivity contribution is -0.136. The van der Waals surface area contributed by atoms with Gasteiger partial charge in [0.2, 0.25) is 11.8 Å². The number of benzene rings is 1. The summed E-state index contributed by atoms with van der Waals surface area (Å²) in [5.74, 6) is -0.538. The van der Waals surface area contributed by atoms with Crippen molar-refractivity contribution in [3.63, 3.8) is 0 Å². The van der Waals surface area contributed by atoms with Gasteiger partial charge in [-0.25, -0.2) is 0 Å². The molecule has 2 saturated heterocycles. The first-order chi connectivity index (χ1) is 16.2. The molecule has 7 nitrogen and oxygen atoms in total. The minimum absolute atomic E-state index is 0.0378. The number of imide groups is 1. The first-order valence-corrected chi connectivity index (χ1v) is 12.1. The van der Waals surface area contributed by atoms with Crippen LogP contribution in [0.25, 0.3) is 0 Å². The fourth-order valence-electron chi connectivity index (χ4n) is 5.75. The molecule has 5 rings (SSSR count). The van der Waals surface area contributed by atoms with E-state index in [1.165, 1.54) is 11.1 Å². The maximum absolute atomic E-state index is 13.0. The number of fused-ring (bicyclic) bond motifs is 1. The summed E-state index contributed by atoms with van der Waals surface area (Å²) in [6.07, 6.45) is 1.63. The largest absolute Gasteiger partial charge is 0.321 e. The Balaban J connectivity index is 1.30. The van der Waals surface area contributed by atoms with Crippen LogP contribution in [0.4, 0.5) is 0 Å². The Hall–Kier alpha value is -3.06. The van der Waals surface area contributed by atoms with E-state index in [-0.39, 0.29) is 29.6 Å². The van der Waals surface area contributed by atoms with Crippen molar-refractivity contribution in [1.29, 1.82) is 0 Å². The zero-order valence-electron chi connectivity index (χ0n) is 20.1. The van der Waals surface area contributed by atoms with Crippen LogP contribution in [0.1, 0.15) is 71.9 Å². The van der Waals surface area contributed by atoms with Gasteiger partial charge in [0.15, 0.2) is 0 Å². The molecule has 1 N–H and O–H groups in total. The van der Waals surface area contributed by atoms with Gasteiger partial charge in [0.25, 0.3) is 5.91 Å². The summed E-state index contributed by atoms with van der Waals surface area (Å²) in [6.45, 7) is 9.96. The van der Waals surface area contributed by atoms with Crippen molar-refractivity contribution in [2.45, 2.75) is 65.1 Å². The molecule has 4 heterocycles. The predicted octanol–water partition coefficient (Wildman–Crippen LogP) is 3.17. The molecule has 0 radical (unpaired) electrons. The summed E-state index contributed by atoms with van der Waals surface area (Å²) in [5, 5.41) is 2.35. The fraction of sp³-hybridized carbons (Fsp3) is 0.481. The zero-order chi connectivity index (χ0) is 24.0. The zero-order valence-corrected chi connectivity index (χ0v) is 20.1. The van der Waals surface area contributed by atoms with E-state index in [0.29, 0.717) is 24.4 Å². The number of nitrogens with one attached hydrogen (secondary N) is 1. The molecule has 1 aromatic heterocycles. The third-order valence-electron chi connectivity index (χ3n) is 7.59. The molecular formula is C27H32N4O3. The number of nitrogens with zero attached hydrogens (tertiary/aromatic N) is 3. The summed E-state index contributed by atoms with van der Waals surface area (Å²) in [6, 6.07) is 12.0. The first-order valence-electron chi connectivity index (χ1n) is 12.1. The Kier molecular flexibility index (Phi) is 5.76. The molecule has 2 aromatic rings. The van der Waals surface area contributed by atoms with Gasteiger partial charge >= 0.3 is 0 Å². The minimum atomic E-state index is -0.607. The van der Waals surface area contributed by atoms with E-state index in [1.54, 1.807) is 4.90 Å². The standard InChI is InChI=1S/C27H32N4O3/c1-17-4-6-18(7-5-17)14-30-13-12-20(27(2,3)16-30)21-9-8-19-22(28-21)15-31(26(19)34)23-10-11-24(32)29-25(23)33/h4-9,20,23H,10-16H2,1-3H3,(H,29,32,33). The second-order valence-electron chi connectivity index (χ2n) is 10.7. The fourth-order valence-corrected chi connectivity index (χ4v) is 5.75. The number of amides is 3. The monoisotopic (exact) mass is 460 g/mol. The van der Waals surface area contributed by atoms with E-state index >= 15 is 0 Å². The molecule has 7 heteroatoms. The lowest BCUT2D eigenvalue weighted by Gasteiger charge is -2.44. The van der Waals surface area contributed by atoms with Crippen LogP contribution in [0, 0.1) is 12.3 Å². The van der Waals surface area contributed by atoms with Gasteiger partial charge in [-0.05, 0) is 49.4 Å². The number of hydrogen-bond acceptors (Lipinski definition) is 5. The van der Waals surface area contributed by atoms with Gasteiger partial charge in [-0.3, -0.25) is 29.6 Å². The van der Waals surface area contributed by atoms with Gasteiger partial charge in [0, 0.05) is 31.1 Å². The van der Waals surface area contributed by atoms with Crippen LogP contribution >= 0.6 is 0 Å². The molecule has 3 amide bonds. The van der Waals surface area contributed by atoms with Crippen molar-refractivity contribution in [2.75, 3.05) is 13.1 Å². The number of aryl methyl sites for hydroxylation is 1. The van der Waals surface area contributed by atoms with E-state index in [1.807, 2.05) is 12.1 Å². The van der Waals surface area contributed by atoms with Crippen molar-refractivity contribution >= 4 is 17.7 Å². The highest BCUT2D eigenvalue weighted by molar-refractivity contribution is 6.05. The van der Waals surface area contributed by atoms with Crippen LogP contribution in [0.3, 0.4) is 0 Å². The number of hydrogen-bond donors (Lipinski definition) is 1. The van der Waals surface area contributed by atoms with Crippen molar-refractivity contribution < 1.29 is 14.4 Å². The Labute approximate surface area is 200 Å².